The number of nitrogens with two attached hydrogens (primary N) is 1. The molecule has 0 aliphatic carbocycles. The number of pyridine rings is 1. The molecule has 0 atom stereocenters. The Morgan fingerprint density at radius 1 is 1.64 bits per heavy atom. The first kappa shape index (κ1) is 10.2. The normalized spacial score (nSPS) is 9.86. The summed E-state index contributed by atoms with van der Waals surface area (Å²) in [7, 11) is 0. The third kappa shape index (κ3) is 2.55. The maximum atomic E-state index is 11.8. The van der Waals surface area contributed by atoms with E-state index in [1.165, 1.54) is 12.3 Å². The molecule has 0 saturated heterocycles. The molecule has 0 fully saturated rings. The molecule has 0 unspecified atom stereocenters. The summed E-state index contributed by atoms with van der Waals surface area (Å²) in [6.45, 7) is -0.786. The standard InChI is InChI=1S/C8H7F2N3O/c9-7(10)4-14-8-5(2-11)1-6(12)3-13-8/h1,3,7H,4,12H2. The van der Waals surface area contributed by atoms with Crippen LogP contribution >= 0.6 is 0 Å². The van der Waals surface area contributed by atoms with E-state index in [9.17, 15) is 8.78 Å². The van der Waals surface area contributed by atoms with Crippen molar-refractivity contribution in [3.05, 3.63) is 17.8 Å². The van der Waals surface area contributed by atoms with Crippen LogP contribution in [-0.4, -0.2) is 18.0 Å². The van der Waals surface area contributed by atoms with Gasteiger partial charge in [-0.05, 0) is 6.07 Å². The van der Waals surface area contributed by atoms with E-state index in [1.807, 2.05) is 0 Å². The Morgan fingerprint density at radius 2 is 2.36 bits per heavy atom. The molecule has 0 amide bonds. The lowest BCUT2D eigenvalue weighted by atomic mass is 10.3. The van der Waals surface area contributed by atoms with E-state index in [1.54, 1.807) is 6.07 Å². The molecule has 0 bridgehead atoms. The van der Waals surface area contributed by atoms with Crippen LogP contribution in [-0.2, 0) is 0 Å². The van der Waals surface area contributed by atoms with E-state index >= 15 is 0 Å². The topological polar surface area (TPSA) is 71.9 Å². The zero-order valence-electron chi connectivity index (χ0n) is 7.08. The Hall–Kier alpha value is -1.90. The van der Waals surface area contributed by atoms with Gasteiger partial charge in [-0.2, -0.15) is 5.26 Å². The number of hydrogen-bond acceptors (Lipinski definition) is 4. The highest BCUT2D eigenvalue weighted by atomic mass is 19.3. The number of nitrogens with zero attached hydrogens (tertiary/aromatic N) is 2. The van der Waals surface area contributed by atoms with Crippen LogP contribution in [0.1, 0.15) is 5.56 Å². The molecular weight excluding hydrogens is 192 g/mol. The van der Waals surface area contributed by atoms with Crippen LogP contribution in [0.25, 0.3) is 0 Å². The van der Waals surface area contributed by atoms with E-state index in [2.05, 4.69) is 9.72 Å². The molecule has 1 aromatic rings. The second-order valence-corrected chi connectivity index (χ2v) is 2.44. The molecule has 1 heterocycles. The number of halogens is 2. The number of hydrogen-bond donors (Lipinski definition) is 1. The summed E-state index contributed by atoms with van der Waals surface area (Å²) in [5.74, 6) is -0.123. The molecule has 1 rings (SSSR count). The van der Waals surface area contributed by atoms with Crippen LogP contribution in [0.3, 0.4) is 0 Å². The van der Waals surface area contributed by atoms with Gasteiger partial charge in [0.2, 0.25) is 5.88 Å². The lowest BCUT2D eigenvalue weighted by Gasteiger charge is -2.05. The molecule has 14 heavy (non-hydrogen) atoms. The lowest BCUT2D eigenvalue weighted by Crippen LogP contribution is -2.09. The molecule has 0 aliphatic heterocycles. The van der Waals surface area contributed by atoms with Crippen LogP contribution in [0.4, 0.5) is 14.5 Å². The van der Waals surface area contributed by atoms with Gasteiger partial charge in [0.15, 0.2) is 6.61 Å². The fourth-order valence-electron chi connectivity index (χ4n) is 0.805. The van der Waals surface area contributed by atoms with Crippen molar-refractivity contribution in [2.45, 2.75) is 6.43 Å². The van der Waals surface area contributed by atoms with Crippen molar-refractivity contribution in [1.29, 1.82) is 5.26 Å². The van der Waals surface area contributed by atoms with Crippen molar-refractivity contribution < 1.29 is 13.5 Å². The van der Waals surface area contributed by atoms with Crippen molar-refractivity contribution in [1.82, 2.24) is 4.98 Å². The number of ether oxygens (including phenoxy) is 1. The highest BCUT2D eigenvalue weighted by molar-refractivity contribution is 5.48. The van der Waals surface area contributed by atoms with Crippen molar-refractivity contribution in [2.75, 3.05) is 12.3 Å². The second-order valence-electron chi connectivity index (χ2n) is 2.44. The number of anilines is 1. The highest BCUT2D eigenvalue weighted by Gasteiger charge is 2.09. The van der Waals surface area contributed by atoms with Gasteiger partial charge >= 0.3 is 0 Å². The number of nitrogen functional groups attached to an aromatic ring is 1. The van der Waals surface area contributed by atoms with E-state index in [-0.39, 0.29) is 17.1 Å². The third-order valence-electron chi connectivity index (χ3n) is 1.34. The van der Waals surface area contributed by atoms with E-state index < -0.39 is 13.0 Å². The van der Waals surface area contributed by atoms with Gasteiger partial charge < -0.3 is 10.5 Å². The Morgan fingerprint density at radius 3 is 2.93 bits per heavy atom. The predicted molar refractivity (Wildman–Crippen MR) is 44.9 cm³/mol. The summed E-state index contributed by atoms with van der Waals surface area (Å²) in [6.07, 6.45) is -1.36. The van der Waals surface area contributed by atoms with Crippen molar-refractivity contribution in [3.63, 3.8) is 0 Å². The number of rotatable bonds is 3. The molecular formula is C8H7F2N3O. The molecule has 2 N–H and O–H groups in total. The van der Waals surface area contributed by atoms with Gasteiger partial charge in [0.05, 0.1) is 11.9 Å². The van der Waals surface area contributed by atoms with Crippen molar-refractivity contribution >= 4 is 5.69 Å². The Kier molecular flexibility index (Phi) is 3.18. The monoisotopic (exact) mass is 199 g/mol. The summed E-state index contributed by atoms with van der Waals surface area (Å²) in [6, 6.07) is 3.06. The van der Waals surface area contributed by atoms with E-state index in [0.717, 1.165) is 0 Å². The van der Waals surface area contributed by atoms with Gasteiger partial charge in [-0.1, -0.05) is 0 Å². The Labute approximate surface area is 78.9 Å². The Bertz CT molecular complexity index is 362. The molecule has 4 nitrogen and oxygen atoms in total. The van der Waals surface area contributed by atoms with Gasteiger partial charge in [-0.3, -0.25) is 0 Å². The molecule has 0 radical (unpaired) electrons. The lowest BCUT2D eigenvalue weighted by molar-refractivity contribution is 0.0794. The molecule has 0 aliphatic rings. The van der Waals surface area contributed by atoms with Gasteiger partial charge in [0.1, 0.15) is 11.6 Å². The first-order valence-corrected chi connectivity index (χ1v) is 3.70. The van der Waals surface area contributed by atoms with Crippen LogP contribution < -0.4 is 10.5 Å². The summed E-state index contributed by atoms with van der Waals surface area (Å²) >= 11 is 0. The summed E-state index contributed by atoms with van der Waals surface area (Å²) in [4.78, 5) is 3.62. The van der Waals surface area contributed by atoms with Gasteiger partial charge in [0.25, 0.3) is 6.43 Å². The fraction of sp³-hybridized carbons (Fsp3) is 0.250. The first-order chi connectivity index (χ1) is 6.63. The summed E-state index contributed by atoms with van der Waals surface area (Å²) in [5, 5.41) is 8.60. The molecule has 0 aromatic carbocycles. The average Bonchev–Trinajstić information content (AvgIpc) is 2.15. The molecule has 0 saturated carbocycles. The Balaban J connectivity index is 2.82. The van der Waals surface area contributed by atoms with E-state index in [4.69, 9.17) is 11.0 Å². The van der Waals surface area contributed by atoms with Crippen LogP contribution in [0.5, 0.6) is 5.88 Å². The molecule has 0 spiro atoms. The van der Waals surface area contributed by atoms with Crippen molar-refractivity contribution in [2.24, 2.45) is 0 Å². The third-order valence-corrected chi connectivity index (χ3v) is 1.34. The van der Waals surface area contributed by atoms with E-state index in [0.29, 0.717) is 0 Å². The maximum Gasteiger partial charge on any atom is 0.272 e. The first-order valence-electron chi connectivity index (χ1n) is 3.70. The van der Waals surface area contributed by atoms with Crippen LogP contribution in [0, 0.1) is 11.3 Å². The fourth-order valence-corrected chi connectivity index (χ4v) is 0.805. The average molecular weight is 199 g/mol. The molecule has 1 aromatic heterocycles. The predicted octanol–water partition coefficient (Wildman–Crippen LogP) is 1.18. The number of aromatic nitrogens is 1. The minimum absolute atomic E-state index is 0.0469. The quantitative estimate of drug-likeness (QED) is 0.793. The number of nitriles is 1. The smallest absolute Gasteiger partial charge is 0.272 e. The largest absolute Gasteiger partial charge is 0.471 e. The number of alkyl halides is 2. The van der Waals surface area contributed by atoms with Gasteiger partial charge in [-0.15, -0.1) is 0 Å². The summed E-state index contributed by atoms with van der Waals surface area (Å²) in [5.41, 5.74) is 5.67. The SMILES string of the molecule is N#Cc1cc(N)cnc1OCC(F)F. The molecule has 74 valence electrons. The minimum atomic E-state index is -2.60. The molecule has 6 heteroatoms. The maximum absolute atomic E-state index is 11.8. The highest BCUT2D eigenvalue weighted by Crippen LogP contribution is 2.16. The summed E-state index contributed by atoms with van der Waals surface area (Å²) < 4.78 is 28.2. The zero-order valence-corrected chi connectivity index (χ0v) is 7.08. The second kappa shape index (κ2) is 4.37. The van der Waals surface area contributed by atoms with Crippen molar-refractivity contribution in [3.8, 4) is 11.9 Å². The van der Waals surface area contributed by atoms with Crippen LogP contribution in [0.2, 0.25) is 0 Å². The zero-order chi connectivity index (χ0) is 10.6. The minimum Gasteiger partial charge on any atom is -0.471 e. The van der Waals surface area contributed by atoms with Gasteiger partial charge in [-0.25, -0.2) is 13.8 Å². The van der Waals surface area contributed by atoms with Crippen LogP contribution in [0.15, 0.2) is 12.3 Å². The van der Waals surface area contributed by atoms with Gasteiger partial charge in [0, 0.05) is 0 Å².